The van der Waals surface area contributed by atoms with Crippen LogP contribution in [0.2, 0.25) is 0 Å². The van der Waals surface area contributed by atoms with E-state index in [0.29, 0.717) is 0 Å². The van der Waals surface area contributed by atoms with Gasteiger partial charge in [-0.05, 0) is 39.0 Å². The minimum Gasteiger partial charge on any atom is -0.479 e. The quantitative estimate of drug-likeness (QED) is 0.495. The highest BCUT2D eigenvalue weighted by Gasteiger charge is 2.17. The first-order valence-electron chi connectivity index (χ1n) is 5.67. The maximum Gasteiger partial charge on any atom is 0.344 e. The van der Waals surface area contributed by atoms with Crippen molar-refractivity contribution >= 4 is 11.8 Å². The Morgan fingerprint density at radius 1 is 1.42 bits per heavy atom. The first kappa shape index (κ1) is 14.9. The summed E-state index contributed by atoms with van der Waals surface area (Å²) in [5.74, 6) is -1.59. The van der Waals surface area contributed by atoms with Crippen molar-refractivity contribution in [3.05, 3.63) is 29.6 Å². The number of hydrogen-bond donors (Lipinski definition) is 2. The second-order valence-electron chi connectivity index (χ2n) is 4.93. The van der Waals surface area contributed by atoms with Crippen LogP contribution in [0, 0.1) is 11.2 Å². The summed E-state index contributed by atoms with van der Waals surface area (Å²) in [6, 6.07) is 3.83. The van der Waals surface area contributed by atoms with Gasteiger partial charge in [0, 0.05) is 5.56 Å². The Morgan fingerprint density at radius 2 is 2.05 bits per heavy atom. The predicted octanol–water partition coefficient (Wildman–Crippen LogP) is 1.83. The van der Waals surface area contributed by atoms with Crippen molar-refractivity contribution in [2.45, 2.75) is 26.4 Å². The van der Waals surface area contributed by atoms with Crippen molar-refractivity contribution in [2.24, 2.45) is 5.73 Å². The van der Waals surface area contributed by atoms with Crippen LogP contribution in [0.4, 0.5) is 4.39 Å². The highest BCUT2D eigenvalue weighted by atomic mass is 19.1. The molecule has 1 rings (SSSR count). The molecule has 0 fully saturated rings. The number of ether oxygens (including phenoxy) is 2. The van der Waals surface area contributed by atoms with Crippen LogP contribution in [0.25, 0.3) is 0 Å². The molecule has 0 aromatic heterocycles. The largest absolute Gasteiger partial charge is 0.479 e. The molecule has 5 nitrogen and oxygen atoms in total. The molecule has 0 atom stereocenters. The van der Waals surface area contributed by atoms with E-state index in [4.69, 9.17) is 20.6 Å². The van der Waals surface area contributed by atoms with E-state index in [-0.39, 0.29) is 23.8 Å². The van der Waals surface area contributed by atoms with Crippen LogP contribution >= 0.6 is 0 Å². The molecule has 3 N–H and O–H groups in total. The number of nitrogens with two attached hydrogens (primary N) is 1. The smallest absolute Gasteiger partial charge is 0.344 e. The van der Waals surface area contributed by atoms with Crippen LogP contribution in [-0.4, -0.2) is 24.0 Å². The summed E-state index contributed by atoms with van der Waals surface area (Å²) in [6.45, 7) is 4.81. The zero-order valence-electron chi connectivity index (χ0n) is 11.1. The van der Waals surface area contributed by atoms with Crippen molar-refractivity contribution in [3.63, 3.8) is 0 Å². The third-order valence-corrected chi connectivity index (χ3v) is 2.01. The summed E-state index contributed by atoms with van der Waals surface area (Å²) < 4.78 is 23.6. The van der Waals surface area contributed by atoms with Gasteiger partial charge in [0.05, 0.1) is 0 Å². The van der Waals surface area contributed by atoms with Gasteiger partial charge in [-0.15, -0.1) is 0 Å². The van der Waals surface area contributed by atoms with Gasteiger partial charge in [0.25, 0.3) is 0 Å². The first-order valence-corrected chi connectivity index (χ1v) is 5.67. The molecule has 0 saturated carbocycles. The Hall–Kier alpha value is -2.11. The van der Waals surface area contributed by atoms with Crippen LogP contribution in [0.15, 0.2) is 18.2 Å². The summed E-state index contributed by atoms with van der Waals surface area (Å²) >= 11 is 0. The number of halogens is 1. The Labute approximate surface area is 111 Å². The SMILES string of the molecule is CC(C)(C)OC(=O)COc1ccc(C(=N)N)cc1F. The molecule has 0 unspecified atom stereocenters. The number of amidine groups is 1. The van der Waals surface area contributed by atoms with E-state index in [1.165, 1.54) is 12.1 Å². The predicted molar refractivity (Wildman–Crippen MR) is 68.8 cm³/mol. The molecule has 0 heterocycles. The fraction of sp³-hybridized carbons (Fsp3) is 0.385. The maximum absolute atomic E-state index is 13.6. The van der Waals surface area contributed by atoms with E-state index >= 15 is 0 Å². The monoisotopic (exact) mass is 268 g/mol. The van der Waals surface area contributed by atoms with Crippen LogP contribution in [0.3, 0.4) is 0 Å². The van der Waals surface area contributed by atoms with Gasteiger partial charge in [-0.3, -0.25) is 5.41 Å². The van der Waals surface area contributed by atoms with Gasteiger partial charge in [0.1, 0.15) is 11.4 Å². The molecule has 19 heavy (non-hydrogen) atoms. The number of nitrogen functional groups attached to an aromatic ring is 1. The van der Waals surface area contributed by atoms with Crippen LogP contribution in [-0.2, 0) is 9.53 Å². The highest BCUT2D eigenvalue weighted by Crippen LogP contribution is 2.18. The molecule has 0 radical (unpaired) electrons. The minimum atomic E-state index is -0.684. The molecule has 0 spiro atoms. The van der Waals surface area contributed by atoms with E-state index in [2.05, 4.69) is 0 Å². The van der Waals surface area contributed by atoms with E-state index in [0.717, 1.165) is 6.07 Å². The van der Waals surface area contributed by atoms with Gasteiger partial charge >= 0.3 is 5.97 Å². The Balaban J connectivity index is 2.64. The molecule has 1 aromatic rings. The van der Waals surface area contributed by atoms with E-state index in [9.17, 15) is 9.18 Å². The number of esters is 1. The van der Waals surface area contributed by atoms with Crippen LogP contribution < -0.4 is 10.5 Å². The molecule has 0 amide bonds. The molecular weight excluding hydrogens is 251 g/mol. The van der Waals surface area contributed by atoms with Crippen LogP contribution in [0.1, 0.15) is 26.3 Å². The molecular formula is C13H17FN2O3. The van der Waals surface area contributed by atoms with Crippen molar-refractivity contribution in [1.29, 1.82) is 5.41 Å². The number of carbonyl (C=O) groups is 1. The molecule has 6 heteroatoms. The average Bonchev–Trinajstić information content (AvgIpc) is 2.24. The van der Waals surface area contributed by atoms with Crippen LogP contribution in [0.5, 0.6) is 5.75 Å². The Kier molecular flexibility index (Phi) is 4.47. The molecule has 1 aromatic carbocycles. The fourth-order valence-corrected chi connectivity index (χ4v) is 1.29. The Morgan fingerprint density at radius 3 is 2.53 bits per heavy atom. The van der Waals surface area contributed by atoms with Gasteiger partial charge in [-0.25, -0.2) is 9.18 Å². The summed E-state index contributed by atoms with van der Waals surface area (Å²) in [5.41, 5.74) is 4.86. The van der Waals surface area contributed by atoms with Gasteiger partial charge in [-0.1, -0.05) is 0 Å². The number of hydrogen-bond acceptors (Lipinski definition) is 4. The van der Waals surface area contributed by atoms with E-state index in [1.54, 1.807) is 20.8 Å². The topological polar surface area (TPSA) is 85.4 Å². The number of carbonyl (C=O) groups excluding carboxylic acids is 1. The molecule has 0 bridgehead atoms. The molecule has 0 saturated heterocycles. The summed E-state index contributed by atoms with van der Waals surface area (Å²) in [4.78, 5) is 11.4. The highest BCUT2D eigenvalue weighted by molar-refractivity contribution is 5.95. The van der Waals surface area contributed by atoms with Crippen molar-refractivity contribution < 1.29 is 18.7 Å². The average molecular weight is 268 g/mol. The molecule has 0 aliphatic heterocycles. The summed E-state index contributed by atoms with van der Waals surface area (Å²) in [5, 5.41) is 7.17. The van der Waals surface area contributed by atoms with Crippen molar-refractivity contribution in [1.82, 2.24) is 0 Å². The summed E-state index contributed by atoms with van der Waals surface area (Å²) in [7, 11) is 0. The van der Waals surface area contributed by atoms with Crippen molar-refractivity contribution in [3.8, 4) is 5.75 Å². The maximum atomic E-state index is 13.6. The fourth-order valence-electron chi connectivity index (χ4n) is 1.29. The lowest BCUT2D eigenvalue weighted by molar-refractivity contribution is -0.157. The molecule has 104 valence electrons. The number of rotatable bonds is 4. The Bertz CT molecular complexity index is 495. The minimum absolute atomic E-state index is 0.0872. The zero-order chi connectivity index (χ0) is 14.6. The zero-order valence-corrected chi connectivity index (χ0v) is 11.1. The second kappa shape index (κ2) is 5.69. The van der Waals surface area contributed by atoms with Gasteiger partial charge in [0.2, 0.25) is 0 Å². The number of nitrogens with one attached hydrogen (secondary N) is 1. The van der Waals surface area contributed by atoms with E-state index in [1.807, 2.05) is 0 Å². The lowest BCUT2D eigenvalue weighted by Crippen LogP contribution is -2.27. The van der Waals surface area contributed by atoms with E-state index < -0.39 is 17.4 Å². The third-order valence-electron chi connectivity index (χ3n) is 2.01. The molecule has 0 aliphatic carbocycles. The lowest BCUT2D eigenvalue weighted by Gasteiger charge is -2.19. The summed E-state index contributed by atoms with van der Waals surface area (Å²) in [6.07, 6.45) is 0. The third kappa shape index (κ3) is 4.95. The van der Waals surface area contributed by atoms with Gasteiger partial charge in [-0.2, -0.15) is 0 Å². The van der Waals surface area contributed by atoms with Crippen molar-refractivity contribution in [2.75, 3.05) is 6.61 Å². The van der Waals surface area contributed by atoms with Gasteiger partial charge in [0.15, 0.2) is 18.2 Å². The normalized spacial score (nSPS) is 10.9. The lowest BCUT2D eigenvalue weighted by atomic mass is 10.2. The standard InChI is InChI=1S/C13H17FN2O3/c1-13(2,3)19-11(17)7-18-10-5-4-8(12(15)16)6-9(10)14/h4-6H,7H2,1-3H3,(H3,15,16). The van der Waals surface area contributed by atoms with Gasteiger partial charge < -0.3 is 15.2 Å². The number of benzene rings is 1. The molecule has 0 aliphatic rings. The first-order chi connectivity index (χ1) is 8.69. The second-order valence-corrected chi connectivity index (χ2v) is 4.93.